The molecule has 0 aliphatic carbocycles. The Balaban J connectivity index is 1.74. The van der Waals surface area contributed by atoms with Gasteiger partial charge in [-0.15, -0.1) is 0 Å². The molecule has 2 rings (SSSR count). The molecule has 2 aromatic carbocycles. The first kappa shape index (κ1) is 20.1. The molecule has 0 aromatic heterocycles. The number of benzene rings is 2. The summed E-state index contributed by atoms with van der Waals surface area (Å²) in [6.07, 6.45) is 0.782. The van der Waals surface area contributed by atoms with E-state index in [1.165, 1.54) is 12.1 Å². The molecule has 0 saturated carbocycles. The number of halogens is 1. The highest BCUT2D eigenvalue weighted by Gasteiger charge is 2.02. The Hall–Kier alpha value is -2.21. The Bertz CT molecular complexity index is 705. The topological polar surface area (TPSA) is 53.5 Å². The van der Waals surface area contributed by atoms with E-state index in [1.54, 1.807) is 12.1 Å². The second-order valence-electron chi connectivity index (χ2n) is 5.84. The van der Waals surface area contributed by atoms with Crippen molar-refractivity contribution < 1.29 is 8.60 Å². The predicted octanol–water partition coefficient (Wildman–Crippen LogP) is 2.87. The molecule has 0 aliphatic heterocycles. The molecule has 6 heteroatoms. The van der Waals surface area contributed by atoms with Crippen molar-refractivity contribution in [2.75, 3.05) is 25.4 Å². The number of rotatable bonds is 9. The van der Waals surface area contributed by atoms with E-state index in [0.717, 1.165) is 24.1 Å². The Labute approximate surface area is 157 Å². The molecule has 0 amide bonds. The van der Waals surface area contributed by atoms with Crippen molar-refractivity contribution in [3.8, 4) is 0 Å². The third-order valence-corrected chi connectivity index (χ3v) is 5.02. The van der Waals surface area contributed by atoms with Crippen LogP contribution in [0.25, 0.3) is 0 Å². The number of aliphatic imine (C=N–C) groups is 1. The SMILES string of the molecule is CCNC(=NCCS(=O)Cc1ccccc1)NCCc1ccc(F)cc1. The largest absolute Gasteiger partial charge is 0.357 e. The smallest absolute Gasteiger partial charge is 0.191 e. The summed E-state index contributed by atoms with van der Waals surface area (Å²) in [5.41, 5.74) is 2.15. The van der Waals surface area contributed by atoms with Crippen LogP contribution < -0.4 is 10.6 Å². The van der Waals surface area contributed by atoms with Crippen molar-refractivity contribution in [3.05, 3.63) is 71.5 Å². The minimum absolute atomic E-state index is 0.222. The Kier molecular flexibility index (Phi) is 8.83. The zero-order valence-electron chi connectivity index (χ0n) is 15.1. The Morgan fingerprint density at radius 1 is 1.04 bits per heavy atom. The van der Waals surface area contributed by atoms with Gasteiger partial charge in [0.05, 0.1) is 6.54 Å². The molecule has 0 saturated heterocycles. The highest BCUT2D eigenvalue weighted by atomic mass is 32.2. The van der Waals surface area contributed by atoms with Crippen LogP contribution in [0.4, 0.5) is 4.39 Å². The maximum absolute atomic E-state index is 12.9. The summed E-state index contributed by atoms with van der Waals surface area (Å²) in [5.74, 6) is 1.58. The van der Waals surface area contributed by atoms with Gasteiger partial charge in [-0.25, -0.2) is 4.39 Å². The first-order chi connectivity index (χ1) is 12.7. The highest BCUT2D eigenvalue weighted by Crippen LogP contribution is 2.03. The van der Waals surface area contributed by atoms with Crippen molar-refractivity contribution >= 4 is 16.8 Å². The quantitative estimate of drug-likeness (QED) is 0.523. The van der Waals surface area contributed by atoms with Crippen LogP contribution >= 0.6 is 0 Å². The van der Waals surface area contributed by atoms with Crippen LogP contribution in [0.5, 0.6) is 0 Å². The van der Waals surface area contributed by atoms with E-state index < -0.39 is 10.8 Å². The van der Waals surface area contributed by atoms with Gasteiger partial charge in [0.1, 0.15) is 5.82 Å². The Morgan fingerprint density at radius 3 is 2.46 bits per heavy atom. The monoisotopic (exact) mass is 375 g/mol. The molecule has 0 bridgehead atoms. The van der Waals surface area contributed by atoms with Crippen molar-refractivity contribution in [2.45, 2.75) is 19.1 Å². The zero-order valence-corrected chi connectivity index (χ0v) is 15.9. The fourth-order valence-corrected chi connectivity index (χ4v) is 3.41. The number of hydrogen-bond acceptors (Lipinski definition) is 2. The standard InChI is InChI=1S/C20H26FN3OS/c1-2-22-20(23-13-12-17-8-10-19(21)11-9-17)24-14-15-26(25)16-18-6-4-3-5-7-18/h3-11H,2,12-16H2,1H3,(H2,22,23,24). The van der Waals surface area contributed by atoms with E-state index in [0.29, 0.717) is 30.6 Å². The average molecular weight is 376 g/mol. The molecular weight excluding hydrogens is 349 g/mol. The number of hydrogen-bond donors (Lipinski definition) is 2. The lowest BCUT2D eigenvalue weighted by molar-refractivity contribution is 0.626. The van der Waals surface area contributed by atoms with Gasteiger partial charge in [0.25, 0.3) is 0 Å². The highest BCUT2D eigenvalue weighted by molar-refractivity contribution is 7.84. The molecule has 0 fully saturated rings. The third kappa shape index (κ3) is 7.78. The first-order valence-corrected chi connectivity index (χ1v) is 10.3. The third-order valence-electron chi connectivity index (χ3n) is 3.72. The summed E-state index contributed by atoms with van der Waals surface area (Å²) >= 11 is 0. The van der Waals surface area contributed by atoms with Crippen molar-refractivity contribution in [1.82, 2.24) is 10.6 Å². The van der Waals surface area contributed by atoms with E-state index in [-0.39, 0.29) is 5.82 Å². The fraction of sp³-hybridized carbons (Fsp3) is 0.350. The van der Waals surface area contributed by atoms with Gasteiger partial charge in [-0.2, -0.15) is 0 Å². The van der Waals surface area contributed by atoms with Crippen LogP contribution in [0.15, 0.2) is 59.6 Å². The molecule has 0 aliphatic rings. The maximum atomic E-state index is 12.9. The van der Waals surface area contributed by atoms with Crippen LogP contribution in [-0.4, -0.2) is 35.6 Å². The number of nitrogens with zero attached hydrogens (tertiary/aromatic N) is 1. The van der Waals surface area contributed by atoms with Crippen molar-refractivity contribution in [2.24, 2.45) is 4.99 Å². The molecule has 2 aromatic rings. The average Bonchev–Trinajstić information content (AvgIpc) is 2.64. The van der Waals surface area contributed by atoms with E-state index in [9.17, 15) is 8.60 Å². The van der Waals surface area contributed by atoms with E-state index in [1.807, 2.05) is 37.3 Å². The molecule has 140 valence electrons. The summed E-state index contributed by atoms with van der Waals surface area (Å²) in [6, 6.07) is 16.4. The van der Waals surface area contributed by atoms with Gasteiger partial charge in [-0.3, -0.25) is 9.20 Å². The molecule has 26 heavy (non-hydrogen) atoms. The minimum atomic E-state index is -0.927. The summed E-state index contributed by atoms with van der Waals surface area (Å²) in [5, 5.41) is 6.43. The molecule has 2 N–H and O–H groups in total. The molecule has 1 atom stereocenters. The van der Waals surface area contributed by atoms with Crippen LogP contribution in [0.2, 0.25) is 0 Å². The van der Waals surface area contributed by atoms with E-state index >= 15 is 0 Å². The molecule has 1 unspecified atom stereocenters. The van der Waals surface area contributed by atoms with Gasteiger partial charge < -0.3 is 10.6 Å². The second kappa shape index (κ2) is 11.4. The summed E-state index contributed by atoms with van der Waals surface area (Å²) < 4.78 is 25.1. The van der Waals surface area contributed by atoms with Crippen LogP contribution in [0, 0.1) is 5.82 Å². The van der Waals surface area contributed by atoms with Crippen LogP contribution in [-0.2, 0) is 23.0 Å². The first-order valence-electron chi connectivity index (χ1n) is 8.83. The van der Waals surface area contributed by atoms with Crippen molar-refractivity contribution in [1.29, 1.82) is 0 Å². The van der Waals surface area contributed by atoms with Gasteiger partial charge in [0, 0.05) is 35.4 Å². The minimum Gasteiger partial charge on any atom is -0.357 e. The van der Waals surface area contributed by atoms with Gasteiger partial charge in [-0.1, -0.05) is 42.5 Å². The summed E-state index contributed by atoms with van der Waals surface area (Å²) in [6.45, 7) is 3.97. The maximum Gasteiger partial charge on any atom is 0.191 e. The zero-order chi connectivity index (χ0) is 18.6. The van der Waals surface area contributed by atoms with E-state index in [2.05, 4.69) is 15.6 Å². The van der Waals surface area contributed by atoms with Crippen LogP contribution in [0.1, 0.15) is 18.1 Å². The predicted molar refractivity (Wildman–Crippen MR) is 107 cm³/mol. The van der Waals surface area contributed by atoms with Gasteiger partial charge >= 0.3 is 0 Å². The molecule has 0 spiro atoms. The summed E-state index contributed by atoms with van der Waals surface area (Å²) in [4.78, 5) is 4.48. The van der Waals surface area contributed by atoms with Crippen molar-refractivity contribution in [3.63, 3.8) is 0 Å². The van der Waals surface area contributed by atoms with Gasteiger partial charge in [0.2, 0.25) is 0 Å². The lowest BCUT2D eigenvalue weighted by atomic mass is 10.1. The van der Waals surface area contributed by atoms with Crippen LogP contribution in [0.3, 0.4) is 0 Å². The summed E-state index contributed by atoms with van der Waals surface area (Å²) in [7, 11) is -0.927. The lowest BCUT2D eigenvalue weighted by Gasteiger charge is -2.11. The fourth-order valence-electron chi connectivity index (χ4n) is 2.41. The lowest BCUT2D eigenvalue weighted by Crippen LogP contribution is -2.38. The number of guanidine groups is 1. The van der Waals surface area contributed by atoms with Gasteiger partial charge in [0.15, 0.2) is 5.96 Å². The second-order valence-corrected chi connectivity index (χ2v) is 7.41. The van der Waals surface area contributed by atoms with Gasteiger partial charge in [-0.05, 0) is 36.6 Å². The normalized spacial score (nSPS) is 12.6. The molecule has 0 radical (unpaired) electrons. The Morgan fingerprint density at radius 2 is 1.77 bits per heavy atom. The molecular formula is C20H26FN3OS. The molecule has 0 heterocycles. The number of nitrogens with one attached hydrogen (secondary N) is 2. The van der Waals surface area contributed by atoms with E-state index in [4.69, 9.17) is 0 Å². The molecule has 4 nitrogen and oxygen atoms in total.